The third-order valence-electron chi connectivity index (χ3n) is 5.48. The lowest BCUT2D eigenvalue weighted by molar-refractivity contribution is 0.0997. The number of rotatable bonds is 8. The van der Waals surface area contributed by atoms with Crippen LogP contribution in [0.15, 0.2) is 58.3 Å². The molecule has 5 rings (SSSR count). The number of nitrogens with two attached hydrogens (primary N) is 1. The molecule has 9 nitrogen and oxygen atoms in total. The van der Waals surface area contributed by atoms with Crippen LogP contribution in [-0.4, -0.2) is 24.0 Å². The second kappa shape index (κ2) is 7.94. The van der Waals surface area contributed by atoms with Crippen molar-refractivity contribution >= 4 is 33.9 Å². The fraction of sp³-hybridized carbons (Fsp3) is 0.167. The molecular weight excluding hydrogens is 424 g/mol. The van der Waals surface area contributed by atoms with E-state index in [2.05, 4.69) is 15.6 Å². The molecule has 1 aliphatic rings. The summed E-state index contributed by atoms with van der Waals surface area (Å²) in [6.07, 6.45) is 3.60. The first kappa shape index (κ1) is 20.5. The van der Waals surface area contributed by atoms with Crippen LogP contribution in [0.25, 0.3) is 10.9 Å². The summed E-state index contributed by atoms with van der Waals surface area (Å²) in [5.41, 5.74) is 6.56. The van der Waals surface area contributed by atoms with Gasteiger partial charge in [-0.1, -0.05) is 0 Å². The van der Waals surface area contributed by atoms with Gasteiger partial charge in [0.2, 0.25) is 0 Å². The molecule has 0 atom stereocenters. The molecule has 0 unspecified atom stereocenters. The number of primary amides is 1. The molecule has 0 radical (unpaired) electrons. The van der Waals surface area contributed by atoms with Gasteiger partial charge in [-0.3, -0.25) is 19.4 Å². The molecule has 1 aromatic heterocycles. The molecule has 33 heavy (non-hydrogen) atoms. The highest BCUT2D eigenvalue weighted by Crippen LogP contribution is 2.34. The second-order valence-corrected chi connectivity index (χ2v) is 7.82. The number of benzene rings is 2. The number of fused-ring (bicyclic) bond motifs is 1. The average molecular weight is 444 g/mol. The van der Waals surface area contributed by atoms with Gasteiger partial charge in [0.25, 0.3) is 16.8 Å². The van der Waals surface area contributed by atoms with Crippen molar-refractivity contribution in [1.29, 1.82) is 0 Å². The number of ether oxygens (including phenoxy) is 2. The summed E-state index contributed by atoms with van der Waals surface area (Å²) in [7, 11) is 1.46. The Morgan fingerprint density at radius 2 is 1.76 bits per heavy atom. The number of hydrogen-bond donors (Lipinski definition) is 3. The first-order chi connectivity index (χ1) is 15.9. The van der Waals surface area contributed by atoms with Crippen molar-refractivity contribution in [3.63, 3.8) is 0 Å². The molecule has 1 heterocycles. The largest absolute Gasteiger partial charge is 0.496 e. The molecule has 166 valence electrons. The highest BCUT2D eigenvalue weighted by molar-refractivity contribution is 6.01. The Kier molecular flexibility index (Phi) is 4.93. The summed E-state index contributed by atoms with van der Waals surface area (Å²) in [4.78, 5) is 39.9. The number of nitrogens with one attached hydrogen (secondary N) is 2. The van der Waals surface area contributed by atoms with Crippen molar-refractivity contribution in [2.75, 3.05) is 17.7 Å². The zero-order valence-corrected chi connectivity index (χ0v) is 17.7. The first-order valence-electron chi connectivity index (χ1n) is 10.4. The summed E-state index contributed by atoms with van der Waals surface area (Å²) in [5.74, 6) is 0.742. The van der Waals surface area contributed by atoms with E-state index in [4.69, 9.17) is 15.2 Å². The summed E-state index contributed by atoms with van der Waals surface area (Å²) in [6, 6.07) is 12.1. The lowest BCUT2D eigenvalue weighted by atomic mass is 10.1. The van der Waals surface area contributed by atoms with Gasteiger partial charge in [0.15, 0.2) is 0 Å². The maximum atomic E-state index is 11.9. The topological polar surface area (TPSA) is 133 Å². The van der Waals surface area contributed by atoms with E-state index < -0.39 is 16.8 Å². The molecule has 1 amide bonds. The van der Waals surface area contributed by atoms with Crippen LogP contribution in [0, 0.1) is 0 Å². The molecule has 3 aromatic carbocycles. The van der Waals surface area contributed by atoms with Crippen molar-refractivity contribution in [2.24, 2.45) is 5.73 Å². The number of amides is 1. The Labute approximate surface area is 187 Å². The van der Waals surface area contributed by atoms with Gasteiger partial charge in [-0.15, -0.1) is 0 Å². The molecule has 4 N–H and O–H groups in total. The molecule has 1 fully saturated rings. The van der Waals surface area contributed by atoms with Crippen molar-refractivity contribution in [1.82, 2.24) is 4.98 Å². The molecular formula is C24H20N4O5. The SMILES string of the molecule is COc1cc2nccc(Oc3ccc(Nc4c(NC5CC5)c(=O)c4=O)cc3)c2cc1C(N)=O. The summed E-state index contributed by atoms with van der Waals surface area (Å²) in [5, 5.41) is 6.71. The van der Waals surface area contributed by atoms with Gasteiger partial charge in [-0.25, -0.2) is 0 Å². The fourth-order valence-electron chi connectivity index (χ4n) is 3.56. The molecule has 9 heteroatoms. The van der Waals surface area contributed by atoms with Gasteiger partial charge in [-0.05, 0) is 49.2 Å². The number of hydrogen-bond acceptors (Lipinski definition) is 8. The van der Waals surface area contributed by atoms with Crippen LogP contribution in [0.4, 0.5) is 17.1 Å². The third kappa shape index (κ3) is 3.84. The van der Waals surface area contributed by atoms with Gasteiger partial charge in [0.05, 0.1) is 18.2 Å². The minimum Gasteiger partial charge on any atom is -0.496 e. The normalized spacial score (nSPS) is 13.1. The smallest absolute Gasteiger partial charge is 0.253 e. The molecule has 1 aliphatic carbocycles. The molecule has 1 saturated carbocycles. The van der Waals surface area contributed by atoms with Gasteiger partial charge in [0.1, 0.15) is 28.6 Å². The fourth-order valence-corrected chi connectivity index (χ4v) is 3.56. The van der Waals surface area contributed by atoms with Gasteiger partial charge in [-0.2, -0.15) is 0 Å². The van der Waals surface area contributed by atoms with Crippen LogP contribution >= 0.6 is 0 Å². The molecule has 0 spiro atoms. The number of anilines is 3. The zero-order valence-electron chi connectivity index (χ0n) is 17.7. The highest BCUT2D eigenvalue weighted by atomic mass is 16.5. The van der Waals surface area contributed by atoms with E-state index in [0.717, 1.165) is 12.8 Å². The predicted molar refractivity (Wildman–Crippen MR) is 125 cm³/mol. The minimum atomic E-state index is -0.618. The maximum Gasteiger partial charge on any atom is 0.253 e. The number of pyridine rings is 1. The molecule has 0 saturated heterocycles. The summed E-state index contributed by atoms with van der Waals surface area (Å²) >= 11 is 0. The standard InChI is InChI=1S/C24H20N4O5/c1-32-19-11-17-15(10-16(19)24(25)31)18(8-9-26-17)33-14-6-4-13(5-7-14)28-21-20(22(29)23(21)30)27-12-2-3-12/h4-12,27-28H,2-3H2,1H3,(H2,25,31). The van der Waals surface area contributed by atoms with Crippen LogP contribution in [0.1, 0.15) is 23.2 Å². The second-order valence-electron chi connectivity index (χ2n) is 7.82. The van der Waals surface area contributed by atoms with E-state index in [9.17, 15) is 14.4 Å². The molecule has 4 aromatic rings. The summed E-state index contributed by atoms with van der Waals surface area (Å²) in [6.45, 7) is 0. The van der Waals surface area contributed by atoms with E-state index in [-0.39, 0.29) is 17.3 Å². The van der Waals surface area contributed by atoms with Gasteiger partial charge >= 0.3 is 0 Å². The predicted octanol–water partition coefficient (Wildman–Crippen LogP) is 3.05. The monoisotopic (exact) mass is 444 g/mol. The van der Waals surface area contributed by atoms with E-state index in [1.54, 1.807) is 48.7 Å². The van der Waals surface area contributed by atoms with Crippen molar-refractivity contribution < 1.29 is 14.3 Å². The number of carbonyl (C=O) groups excluding carboxylic acids is 1. The van der Waals surface area contributed by atoms with Crippen molar-refractivity contribution in [3.8, 4) is 17.2 Å². The van der Waals surface area contributed by atoms with E-state index in [1.807, 2.05) is 0 Å². The lowest BCUT2D eigenvalue weighted by Crippen LogP contribution is -2.37. The van der Waals surface area contributed by atoms with Gasteiger partial charge in [0, 0.05) is 29.4 Å². The van der Waals surface area contributed by atoms with E-state index >= 15 is 0 Å². The van der Waals surface area contributed by atoms with E-state index in [1.165, 1.54) is 7.11 Å². The first-order valence-corrected chi connectivity index (χ1v) is 10.4. The van der Waals surface area contributed by atoms with Crippen LogP contribution in [0.3, 0.4) is 0 Å². The Morgan fingerprint density at radius 1 is 1.03 bits per heavy atom. The number of aromatic nitrogens is 1. The third-order valence-corrected chi connectivity index (χ3v) is 5.48. The number of nitrogens with zero attached hydrogens (tertiary/aromatic N) is 1. The van der Waals surface area contributed by atoms with Crippen LogP contribution < -0.4 is 36.7 Å². The van der Waals surface area contributed by atoms with Crippen LogP contribution in [0.2, 0.25) is 0 Å². The minimum absolute atomic E-state index is 0.228. The Hall–Kier alpha value is -4.40. The quantitative estimate of drug-likeness (QED) is 0.353. The molecule has 0 bridgehead atoms. The van der Waals surface area contributed by atoms with Crippen molar-refractivity contribution in [3.05, 3.63) is 74.7 Å². The van der Waals surface area contributed by atoms with Crippen LogP contribution in [0.5, 0.6) is 17.2 Å². The van der Waals surface area contributed by atoms with E-state index in [0.29, 0.717) is 39.5 Å². The summed E-state index contributed by atoms with van der Waals surface area (Å²) < 4.78 is 11.3. The highest BCUT2D eigenvalue weighted by Gasteiger charge is 2.28. The zero-order chi connectivity index (χ0) is 23.1. The maximum absolute atomic E-state index is 11.9. The number of methoxy groups -OCH3 is 1. The average Bonchev–Trinajstić information content (AvgIpc) is 3.65. The van der Waals surface area contributed by atoms with Crippen molar-refractivity contribution in [2.45, 2.75) is 18.9 Å². The lowest BCUT2D eigenvalue weighted by Gasteiger charge is -2.15. The van der Waals surface area contributed by atoms with Gasteiger partial charge < -0.3 is 25.8 Å². The Balaban J connectivity index is 1.38. The Bertz CT molecular complexity index is 1450. The number of carbonyl (C=O) groups is 1. The van der Waals surface area contributed by atoms with Crippen LogP contribution in [-0.2, 0) is 0 Å². The Morgan fingerprint density at radius 3 is 2.42 bits per heavy atom. The molecule has 0 aliphatic heterocycles.